The largest absolute Gasteiger partial charge is 0.496 e. The van der Waals surface area contributed by atoms with Gasteiger partial charge in [0.25, 0.3) is 0 Å². The summed E-state index contributed by atoms with van der Waals surface area (Å²) < 4.78 is 22.6. The Morgan fingerprint density at radius 1 is 0.812 bits per heavy atom. The van der Waals surface area contributed by atoms with Crippen LogP contribution in [0.5, 0.6) is 23.0 Å². The number of hydrogen-bond donors (Lipinski definition) is 0. The molecule has 1 aromatic heterocycles. The molecule has 0 aliphatic heterocycles. The predicted molar refractivity (Wildman–Crippen MR) is 130 cm³/mol. The summed E-state index contributed by atoms with van der Waals surface area (Å²) in [6.45, 7) is 2.07. The number of aliphatic imine (C=N–C) groups is 1. The van der Waals surface area contributed by atoms with Crippen molar-refractivity contribution >= 4 is 33.5 Å². The normalized spacial score (nSPS) is 11.2. The van der Waals surface area contributed by atoms with Crippen LogP contribution in [0.2, 0.25) is 0 Å². The van der Waals surface area contributed by atoms with Crippen molar-refractivity contribution in [3.8, 4) is 34.3 Å². The van der Waals surface area contributed by atoms with E-state index in [1.807, 2.05) is 23.6 Å². The van der Waals surface area contributed by atoms with Crippen molar-refractivity contribution in [2.24, 2.45) is 4.99 Å². The fourth-order valence-corrected chi connectivity index (χ4v) is 4.25. The minimum absolute atomic E-state index is 0.621. The topological polar surface area (TPSA) is 62.2 Å². The predicted octanol–water partition coefficient (Wildman–Crippen LogP) is 6.06. The third-order valence-electron chi connectivity index (χ3n) is 5.17. The zero-order valence-corrected chi connectivity index (χ0v) is 19.4. The molecule has 4 aromatic rings. The summed E-state index contributed by atoms with van der Waals surface area (Å²) in [6.07, 6.45) is 1.73. The highest BCUT2D eigenvalue weighted by atomic mass is 32.1. The van der Waals surface area contributed by atoms with E-state index < -0.39 is 0 Å². The van der Waals surface area contributed by atoms with Crippen LogP contribution in [-0.2, 0) is 0 Å². The van der Waals surface area contributed by atoms with Gasteiger partial charge in [0.15, 0.2) is 0 Å². The van der Waals surface area contributed by atoms with Gasteiger partial charge in [-0.3, -0.25) is 0 Å². The number of nitrogens with zero attached hydrogens (tertiary/aromatic N) is 2. The second-order valence-corrected chi connectivity index (χ2v) is 7.90. The third-order valence-corrected chi connectivity index (χ3v) is 5.92. The first-order valence-corrected chi connectivity index (χ1v) is 10.8. The second kappa shape index (κ2) is 9.28. The molecule has 164 valence electrons. The molecule has 0 amide bonds. The van der Waals surface area contributed by atoms with Crippen LogP contribution in [-0.4, -0.2) is 39.6 Å². The Kier molecular flexibility index (Phi) is 6.28. The van der Waals surface area contributed by atoms with Crippen molar-refractivity contribution in [1.82, 2.24) is 4.98 Å². The van der Waals surface area contributed by atoms with Crippen LogP contribution < -0.4 is 18.9 Å². The SMILES string of the molecule is COc1ccc(OC)c2c(OC)c(C=Nc3nc(-c4ccc(C)cc4)cs3)cc(OC)c12. The molecule has 0 aliphatic carbocycles. The number of aryl methyl sites for hydroxylation is 1. The highest BCUT2D eigenvalue weighted by molar-refractivity contribution is 7.13. The van der Waals surface area contributed by atoms with Crippen LogP contribution in [0.25, 0.3) is 22.0 Å². The van der Waals surface area contributed by atoms with Crippen LogP contribution in [0.4, 0.5) is 5.13 Å². The average Bonchev–Trinajstić information content (AvgIpc) is 3.30. The Morgan fingerprint density at radius 2 is 1.47 bits per heavy atom. The van der Waals surface area contributed by atoms with E-state index in [1.165, 1.54) is 16.9 Å². The minimum Gasteiger partial charge on any atom is -0.496 e. The Morgan fingerprint density at radius 3 is 2.09 bits per heavy atom. The summed E-state index contributed by atoms with van der Waals surface area (Å²) in [5, 5.41) is 4.19. The maximum atomic E-state index is 5.77. The number of ether oxygens (including phenoxy) is 4. The van der Waals surface area contributed by atoms with Crippen molar-refractivity contribution < 1.29 is 18.9 Å². The highest BCUT2D eigenvalue weighted by Crippen LogP contribution is 2.46. The molecule has 0 saturated heterocycles. The molecule has 0 unspecified atom stereocenters. The lowest BCUT2D eigenvalue weighted by molar-refractivity contribution is 0.392. The average molecular weight is 449 g/mol. The molecule has 7 heteroatoms. The molecule has 1 heterocycles. The van der Waals surface area contributed by atoms with E-state index >= 15 is 0 Å². The van der Waals surface area contributed by atoms with E-state index in [1.54, 1.807) is 34.7 Å². The Hall–Kier alpha value is -3.58. The van der Waals surface area contributed by atoms with Gasteiger partial charge in [0.1, 0.15) is 23.0 Å². The molecule has 3 aromatic carbocycles. The van der Waals surface area contributed by atoms with Gasteiger partial charge in [-0.2, -0.15) is 0 Å². The van der Waals surface area contributed by atoms with E-state index in [2.05, 4.69) is 41.2 Å². The van der Waals surface area contributed by atoms with E-state index in [0.717, 1.165) is 27.6 Å². The molecule has 4 rings (SSSR count). The van der Waals surface area contributed by atoms with Gasteiger partial charge in [0, 0.05) is 22.7 Å². The molecule has 0 radical (unpaired) electrons. The second-order valence-electron chi connectivity index (χ2n) is 7.06. The molecular weight excluding hydrogens is 424 g/mol. The highest BCUT2D eigenvalue weighted by Gasteiger charge is 2.20. The van der Waals surface area contributed by atoms with Gasteiger partial charge in [-0.15, -0.1) is 11.3 Å². The summed E-state index contributed by atoms with van der Waals surface area (Å²) in [6, 6.07) is 13.8. The molecule has 0 aliphatic rings. The molecular formula is C25H24N2O4S. The number of hydrogen-bond acceptors (Lipinski definition) is 7. The molecule has 0 saturated carbocycles. The number of thiazole rings is 1. The number of rotatable bonds is 7. The summed E-state index contributed by atoms with van der Waals surface area (Å²) in [5.41, 5.74) is 3.92. The molecule has 32 heavy (non-hydrogen) atoms. The van der Waals surface area contributed by atoms with Gasteiger partial charge < -0.3 is 18.9 Å². The van der Waals surface area contributed by atoms with Gasteiger partial charge in [0.05, 0.1) is 44.9 Å². The maximum absolute atomic E-state index is 5.77. The number of fused-ring (bicyclic) bond motifs is 1. The summed E-state index contributed by atoms with van der Waals surface area (Å²) in [4.78, 5) is 9.25. The first kappa shape index (κ1) is 21.6. The number of methoxy groups -OCH3 is 4. The maximum Gasteiger partial charge on any atom is 0.209 e. The van der Waals surface area contributed by atoms with Gasteiger partial charge >= 0.3 is 0 Å². The quantitative estimate of drug-likeness (QED) is 0.322. The van der Waals surface area contributed by atoms with Crippen molar-refractivity contribution in [2.45, 2.75) is 6.92 Å². The van der Waals surface area contributed by atoms with Gasteiger partial charge in [-0.25, -0.2) is 9.98 Å². The van der Waals surface area contributed by atoms with E-state index in [-0.39, 0.29) is 0 Å². The van der Waals surface area contributed by atoms with Gasteiger partial charge in [0.2, 0.25) is 5.13 Å². The summed E-state index contributed by atoms with van der Waals surface area (Å²) in [7, 11) is 6.49. The van der Waals surface area contributed by atoms with E-state index in [4.69, 9.17) is 18.9 Å². The summed E-state index contributed by atoms with van der Waals surface area (Å²) in [5.74, 6) is 2.58. The lowest BCUT2D eigenvalue weighted by Crippen LogP contribution is -1.99. The van der Waals surface area contributed by atoms with Gasteiger partial charge in [-0.1, -0.05) is 29.8 Å². The summed E-state index contributed by atoms with van der Waals surface area (Å²) >= 11 is 1.48. The van der Waals surface area contributed by atoms with Crippen molar-refractivity contribution in [3.05, 3.63) is 59.0 Å². The monoisotopic (exact) mass is 448 g/mol. The minimum atomic E-state index is 0.621. The van der Waals surface area contributed by atoms with E-state index in [0.29, 0.717) is 28.1 Å². The number of aromatic nitrogens is 1. The fraction of sp³-hybridized carbons (Fsp3) is 0.200. The first-order chi connectivity index (χ1) is 15.6. The van der Waals surface area contributed by atoms with Crippen molar-refractivity contribution in [2.75, 3.05) is 28.4 Å². The van der Waals surface area contributed by atoms with Crippen LogP contribution in [0, 0.1) is 6.92 Å². The van der Waals surface area contributed by atoms with Crippen molar-refractivity contribution in [1.29, 1.82) is 0 Å². The molecule has 0 spiro atoms. The Bertz CT molecular complexity index is 1280. The molecule has 0 bridgehead atoms. The first-order valence-electron chi connectivity index (χ1n) is 9.96. The lowest BCUT2D eigenvalue weighted by atomic mass is 10.0. The molecule has 0 atom stereocenters. The fourth-order valence-electron chi connectivity index (χ4n) is 3.58. The standard InChI is InChI=1S/C25H24N2O4S/c1-15-6-8-16(9-7-15)18-14-32-25(27-18)26-13-17-12-21(30-4)22-19(28-2)10-11-20(29-3)23(22)24(17)31-5/h6-14H,1-5H3. The zero-order chi connectivity index (χ0) is 22.7. The van der Waals surface area contributed by atoms with Crippen LogP contribution in [0.1, 0.15) is 11.1 Å². The van der Waals surface area contributed by atoms with Crippen LogP contribution in [0.15, 0.2) is 52.8 Å². The lowest BCUT2D eigenvalue weighted by Gasteiger charge is -2.17. The van der Waals surface area contributed by atoms with Gasteiger partial charge in [-0.05, 0) is 25.1 Å². The van der Waals surface area contributed by atoms with Crippen LogP contribution in [0.3, 0.4) is 0 Å². The van der Waals surface area contributed by atoms with Crippen LogP contribution >= 0.6 is 11.3 Å². The molecule has 6 nitrogen and oxygen atoms in total. The Labute approximate surface area is 191 Å². The molecule has 0 N–H and O–H groups in total. The zero-order valence-electron chi connectivity index (χ0n) is 18.6. The third kappa shape index (κ3) is 3.99. The van der Waals surface area contributed by atoms with E-state index in [9.17, 15) is 0 Å². The molecule has 0 fully saturated rings. The van der Waals surface area contributed by atoms with Crippen molar-refractivity contribution in [3.63, 3.8) is 0 Å². The number of benzene rings is 3. The Balaban J connectivity index is 1.79. The smallest absolute Gasteiger partial charge is 0.209 e.